The van der Waals surface area contributed by atoms with Gasteiger partial charge in [0.25, 0.3) is 5.91 Å². The molecule has 4 rings (SSSR count). The average Bonchev–Trinajstić information content (AvgIpc) is 3.41. The van der Waals surface area contributed by atoms with E-state index in [0.717, 1.165) is 16.7 Å². The van der Waals surface area contributed by atoms with Crippen LogP contribution >= 0.6 is 0 Å². The van der Waals surface area contributed by atoms with Crippen LogP contribution in [0, 0.1) is 0 Å². The van der Waals surface area contributed by atoms with Gasteiger partial charge in [-0.3, -0.25) is 9.59 Å². The highest BCUT2D eigenvalue weighted by molar-refractivity contribution is 5.97. The van der Waals surface area contributed by atoms with Crippen molar-refractivity contribution in [2.75, 3.05) is 6.54 Å². The fourth-order valence-electron chi connectivity index (χ4n) is 3.96. The van der Waals surface area contributed by atoms with Gasteiger partial charge >= 0.3 is 0 Å². The summed E-state index contributed by atoms with van der Waals surface area (Å²) in [5, 5.41) is 0. The Balaban J connectivity index is 1.51. The van der Waals surface area contributed by atoms with Crippen LogP contribution < -0.4 is 0 Å². The summed E-state index contributed by atoms with van der Waals surface area (Å²) in [6.45, 7) is 4.62. The topological polar surface area (TPSA) is 53.8 Å². The minimum atomic E-state index is -0.161. The van der Waals surface area contributed by atoms with Crippen molar-refractivity contribution in [1.82, 2.24) is 9.80 Å². The van der Waals surface area contributed by atoms with E-state index in [1.807, 2.05) is 111 Å². The smallest absolute Gasteiger partial charge is 0.254 e. The van der Waals surface area contributed by atoms with Crippen LogP contribution in [0.3, 0.4) is 0 Å². The molecule has 5 nitrogen and oxygen atoms in total. The van der Waals surface area contributed by atoms with Crippen molar-refractivity contribution in [2.24, 2.45) is 0 Å². The Bertz CT molecular complexity index is 1220. The van der Waals surface area contributed by atoms with Crippen LogP contribution in [0.5, 0.6) is 0 Å². The lowest BCUT2D eigenvalue weighted by Crippen LogP contribution is -2.45. The first-order valence-corrected chi connectivity index (χ1v) is 11.8. The van der Waals surface area contributed by atoms with Crippen molar-refractivity contribution in [3.05, 3.63) is 120 Å². The maximum absolute atomic E-state index is 13.5. The van der Waals surface area contributed by atoms with Gasteiger partial charge < -0.3 is 14.2 Å². The zero-order valence-electron chi connectivity index (χ0n) is 20.1. The number of hydrogen-bond acceptors (Lipinski definition) is 3. The van der Waals surface area contributed by atoms with E-state index >= 15 is 0 Å². The van der Waals surface area contributed by atoms with Gasteiger partial charge in [0.1, 0.15) is 12.3 Å². The van der Waals surface area contributed by atoms with Crippen molar-refractivity contribution >= 4 is 11.8 Å². The van der Waals surface area contributed by atoms with Gasteiger partial charge in [0.05, 0.1) is 12.8 Å². The van der Waals surface area contributed by atoms with E-state index in [2.05, 4.69) is 0 Å². The van der Waals surface area contributed by atoms with E-state index in [1.165, 1.54) is 0 Å². The van der Waals surface area contributed by atoms with Gasteiger partial charge in [-0.25, -0.2) is 0 Å². The minimum absolute atomic E-state index is 0.00945. The molecule has 2 amide bonds. The number of nitrogens with zero attached hydrogens (tertiary/aromatic N) is 2. The molecule has 35 heavy (non-hydrogen) atoms. The van der Waals surface area contributed by atoms with E-state index in [1.54, 1.807) is 16.1 Å². The third-order valence-electron chi connectivity index (χ3n) is 5.92. The second-order valence-electron chi connectivity index (χ2n) is 8.78. The second kappa shape index (κ2) is 11.3. The molecule has 0 N–H and O–H groups in total. The fraction of sp³-hybridized carbons (Fsp3) is 0.200. The highest BCUT2D eigenvalue weighted by Crippen LogP contribution is 2.21. The molecule has 0 atom stereocenters. The van der Waals surface area contributed by atoms with E-state index in [0.29, 0.717) is 24.4 Å². The summed E-state index contributed by atoms with van der Waals surface area (Å²) in [5.41, 5.74) is 3.72. The first-order valence-electron chi connectivity index (χ1n) is 11.8. The Morgan fingerprint density at radius 3 is 1.97 bits per heavy atom. The average molecular weight is 467 g/mol. The summed E-state index contributed by atoms with van der Waals surface area (Å²) < 4.78 is 5.49. The SMILES string of the molecule is CC(C)N(CC(=O)N(Cc1ccccc1)Cc1ccco1)C(=O)c1ccc(-c2ccccc2)cc1. The normalized spacial score (nSPS) is 10.8. The standard InChI is InChI=1S/C30H30N2O3/c1-23(2)32(30(34)27-17-15-26(16-18-27)25-12-7-4-8-13-25)22-29(33)31(21-28-14-9-19-35-28)20-24-10-5-3-6-11-24/h3-19,23H,20-22H2,1-2H3. The molecule has 0 unspecified atom stereocenters. The van der Waals surface area contributed by atoms with Gasteiger partial charge in [0, 0.05) is 18.2 Å². The lowest BCUT2D eigenvalue weighted by molar-refractivity contribution is -0.133. The number of amides is 2. The molecular formula is C30H30N2O3. The van der Waals surface area contributed by atoms with Crippen LogP contribution in [0.4, 0.5) is 0 Å². The molecular weight excluding hydrogens is 436 g/mol. The van der Waals surface area contributed by atoms with Gasteiger partial charge in [0.15, 0.2) is 0 Å². The molecule has 5 heteroatoms. The molecule has 178 valence electrons. The van der Waals surface area contributed by atoms with Crippen molar-refractivity contribution in [2.45, 2.75) is 33.0 Å². The van der Waals surface area contributed by atoms with Crippen molar-refractivity contribution in [3.63, 3.8) is 0 Å². The van der Waals surface area contributed by atoms with Crippen molar-refractivity contribution in [1.29, 1.82) is 0 Å². The van der Waals surface area contributed by atoms with E-state index < -0.39 is 0 Å². The molecule has 0 saturated heterocycles. The summed E-state index contributed by atoms with van der Waals surface area (Å²) >= 11 is 0. The second-order valence-corrected chi connectivity index (χ2v) is 8.78. The maximum atomic E-state index is 13.5. The molecule has 0 saturated carbocycles. The van der Waals surface area contributed by atoms with Crippen molar-refractivity contribution in [3.8, 4) is 11.1 Å². The zero-order chi connectivity index (χ0) is 24.6. The zero-order valence-corrected chi connectivity index (χ0v) is 20.1. The predicted octanol–water partition coefficient (Wildman–Crippen LogP) is 6.03. The first kappa shape index (κ1) is 24.0. The molecule has 0 aliphatic rings. The van der Waals surface area contributed by atoms with Gasteiger partial charge in [-0.15, -0.1) is 0 Å². The first-order chi connectivity index (χ1) is 17.0. The summed E-state index contributed by atoms with van der Waals surface area (Å²) in [5.74, 6) is 0.409. The molecule has 0 spiro atoms. The highest BCUT2D eigenvalue weighted by Gasteiger charge is 2.25. The van der Waals surface area contributed by atoms with Crippen LogP contribution in [0.25, 0.3) is 11.1 Å². The Morgan fingerprint density at radius 2 is 1.37 bits per heavy atom. The van der Waals surface area contributed by atoms with Crippen LogP contribution in [0.1, 0.15) is 35.5 Å². The fourth-order valence-corrected chi connectivity index (χ4v) is 3.96. The number of furan rings is 1. The summed E-state index contributed by atoms with van der Waals surface area (Å²) in [4.78, 5) is 30.2. The number of carbonyl (C=O) groups is 2. The number of hydrogen-bond donors (Lipinski definition) is 0. The summed E-state index contributed by atoms with van der Waals surface area (Å²) in [6, 6.07) is 30.9. The Morgan fingerprint density at radius 1 is 0.743 bits per heavy atom. The molecule has 3 aromatic carbocycles. The molecule has 0 aliphatic carbocycles. The molecule has 0 bridgehead atoms. The largest absolute Gasteiger partial charge is 0.467 e. The van der Waals surface area contributed by atoms with E-state index in [-0.39, 0.29) is 24.4 Å². The molecule has 0 aliphatic heterocycles. The van der Waals surface area contributed by atoms with Crippen LogP contribution in [-0.2, 0) is 17.9 Å². The monoisotopic (exact) mass is 466 g/mol. The molecule has 0 radical (unpaired) electrons. The quantitative estimate of drug-likeness (QED) is 0.303. The summed E-state index contributed by atoms with van der Waals surface area (Å²) in [6.07, 6.45) is 1.60. The van der Waals surface area contributed by atoms with Crippen LogP contribution in [0.2, 0.25) is 0 Å². The third kappa shape index (κ3) is 6.27. The number of benzene rings is 3. The molecule has 4 aromatic rings. The lowest BCUT2D eigenvalue weighted by Gasteiger charge is -2.30. The Kier molecular flexibility index (Phi) is 7.78. The van der Waals surface area contributed by atoms with E-state index in [4.69, 9.17) is 4.42 Å². The number of carbonyl (C=O) groups excluding carboxylic acids is 2. The maximum Gasteiger partial charge on any atom is 0.254 e. The minimum Gasteiger partial charge on any atom is -0.467 e. The van der Waals surface area contributed by atoms with Gasteiger partial charge in [0.2, 0.25) is 5.91 Å². The number of rotatable bonds is 9. The van der Waals surface area contributed by atoms with Gasteiger partial charge in [-0.2, -0.15) is 0 Å². The molecule has 1 aromatic heterocycles. The Labute approximate surface area is 206 Å². The predicted molar refractivity (Wildman–Crippen MR) is 137 cm³/mol. The third-order valence-corrected chi connectivity index (χ3v) is 5.92. The van der Waals surface area contributed by atoms with Crippen molar-refractivity contribution < 1.29 is 14.0 Å². The van der Waals surface area contributed by atoms with Gasteiger partial charge in [-0.1, -0.05) is 72.8 Å². The molecule has 0 fully saturated rings. The van der Waals surface area contributed by atoms with Gasteiger partial charge in [-0.05, 0) is 54.8 Å². The molecule has 1 heterocycles. The van der Waals surface area contributed by atoms with Crippen LogP contribution in [-0.4, -0.2) is 34.2 Å². The summed E-state index contributed by atoms with van der Waals surface area (Å²) in [7, 11) is 0. The van der Waals surface area contributed by atoms with E-state index in [9.17, 15) is 9.59 Å². The Hall–Kier alpha value is -4.12. The highest BCUT2D eigenvalue weighted by atomic mass is 16.3. The lowest BCUT2D eigenvalue weighted by atomic mass is 10.0. The van der Waals surface area contributed by atoms with Crippen LogP contribution in [0.15, 0.2) is 108 Å².